The van der Waals surface area contributed by atoms with Gasteiger partial charge in [0.1, 0.15) is 6.10 Å². The second-order valence-electron chi connectivity index (χ2n) is 5.05. The lowest BCUT2D eigenvalue weighted by atomic mass is 10.1. The normalized spacial score (nSPS) is 11.6. The molecule has 2 aromatic carbocycles. The molecule has 2 amide bonds. The van der Waals surface area contributed by atoms with E-state index in [9.17, 15) is 9.59 Å². The maximum atomic E-state index is 12.2. The molecule has 1 atom stereocenters. The standard InChI is InChI=1S/C18H20N2O3/c1-13(23-12-14-8-4-3-5-9-14)17(21)20-16-11-7-6-10-15(16)18(22)19-2/h3-11,13H,12H2,1-2H3,(H,19,22)(H,20,21)/t13-/m0/s1. The molecule has 0 heterocycles. The zero-order chi connectivity index (χ0) is 16.7. The van der Waals surface area contributed by atoms with E-state index >= 15 is 0 Å². The number of carbonyl (C=O) groups is 2. The van der Waals surface area contributed by atoms with Crippen LogP contribution in [0.4, 0.5) is 5.69 Å². The highest BCUT2D eigenvalue weighted by Gasteiger charge is 2.17. The highest BCUT2D eigenvalue weighted by Crippen LogP contribution is 2.15. The van der Waals surface area contributed by atoms with Crippen molar-refractivity contribution in [3.05, 3.63) is 65.7 Å². The molecule has 2 aromatic rings. The topological polar surface area (TPSA) is 67.4 Å². The molecule has 2 rings (SSSR count). The predicted octanol–water partition coefficient (Wildman–Crippen LogP) is 2.59. The number of amides is 2. The fraction of sp³-hybridized carbons (Fsp3) is 0.222. The van der Waals surface area contributed by atoms with E-state index in [1.165, 1.54) is 0 Å². The molecule has 0 aliphatic heterocycles. The summed E-state index contributed by atoms with van der Waals surface area (Å²) in [5, 5.41) is 5.29. The number of nitrogens with one attached hydrogen (secondary N) is 2. The Kier molecular flexibility index (Phi) is 5.88. The number of para-hydroxylation sites is 1. The molecule has 120 valence electrons. The molecular weight excluding hydrogens is 292 g/mol. The van der Waals surface area contributed by atoms with Gasteiger partial charge in [-0.2, -0.15) is 0 Å². The number of hydrogen-bond donors (Lipinski definition) is 2. The van der Waals surface area contributed by atoms with Crippen molar-refractivity contribution in [2.75, 3.05) is 12.4 Å². The Hall–Kier alpha value is -2.66. The molecule has 0 bridgehead atoms. The van der Waals surface area contributed by atoms with Gasteiger partial charge in [0.05, 0.1) is 17.9 Å². The average molecular weight is 312 g/mol. The summed E-state index contributed by atoms with van der Waals surface area (Å²) in [5.41, 5.74) is 1.88. The first-order chi connectivity index (χ1) is 11.1. The molecule has 23 heavy (non-hydrogen) atoms. The van der Waals surface area contributed by atoms with Gasteiger partial charge in [0.15, 0.2) is 0 Å². The minimum atomic E-state index is -0.632. The van der Waals surface area contributed by atoms with Gasteiger partial charge < -0.3 is 15.4 Å². The van der Waals surface area contributed by atoms with E-state index in [4.69, 9.17) is 4.74 Å². The number of rotatable bonds is 6. The van der Waals surface area contributed by atoms with Gasteiger partial charge in [0, 0.05) is 7.05 Å². The summed E-state index contributed by atoms with van der Waals surface area (Å²) in [6.07, 6.45) is -0.632. The van der Waals surface area contributed by atoms with E-state index in [-0.39, 0.29) is 11.8 Å². The number of carbonyl (C=O) groups excluding carboxylic acids is 2. The van der Waals surface area contributed by atoms with Crippen LogP contribution < -0.4 is 10.6 Å². The van der Waals surface area contributed by atoms with E-state index in [2.05, 4.69) is 10.6 Å². The van der Waals surface area contributed by atoms with E-state index < -0.39 is 6.10 Å². The van der Waals surface area contributed by atoms with Crippen molar-refractivity contribution in [2.45, 2.75) is 19.6 Å². The average Bonchev–Trinajstić information content (AvgIpc) is 2.60. The monoisotopic (exact) mass is 312 g/mol. The van der Waals surface area contributed by atoms with Gasteiger partial charge >= 0.3 is 0 Å². The third-order valence-corrected chi connectivity index (χ3v) is 3.37. The second-order valence-corrected chi connectivity index (χ2v) is 5.05. The van der Waals surface area contributed by atoms with Gasteiger partial charge in [-0.3, -0.25) is 9.59 Å². The van der Waals surface area contributed by atoms with Crippen LogP contribution in [0.1, 0.15) is 22.8 Å². The van der Waals surface area contributed by atoms with Crippen LogP contribution in [0.5, 0.6) is 0 Å². The van der Waals surface area contributed by atoms with Crippen molar-refractivity contribution in [3.8, 4) is 0 Å². The van der Waals surface area contributed by atoms with Crippen LogP contribution >= 0.6 is 0 Å². The lowest BCUT2D eigenvalue weighted by molar-refractivity contribution is -0.127. The number of anilines is 1. The summed E-state index contributed by atoms with van der Waals surface area (Å²) < 4.78 is 5.58. The molecule has 0 radical (unpaired) electrons. The molecule has 5 nitrogen and oxygen atoms in total. The van der Waals surface area contributed by atoms with E-state index in [0.717, 1.165) is 5.56 Å². The highest BCUT2D eigenvalue weighted by atomic mass is 16.5. The largest absolute Gasteiger partial charge is 0.364 e. The van der Waals surface area contributed by atoms with Gasteiger partial charge in [0.2, 0.25) is 0 Å². The molecule has 0 saturated carbocycles. The molecule has 0 aliphatic carbocycles. The maximum Gasteiger partial charge on any atom is 0.253 e. The molecule has 0 aliphatic rings. The van der Waals surface area contributed by atoms with Gasteiger partial charge in [0.25, 0.3) is 11.8 Å². The molecule has 0 saturated heterocycles. The van der Waals surface area contributed by atoms with Crippen LogP contribution in [-0.4, -0.2) is 25.0 Å². The SMILES string of the molecule is CNC(=O)c1ccccc1NC(=O)[C@H](C)OCc1ccccc1. The van der Waals surface area contributed by atoms with Gasteiger partial charge in [-0.05, 0) is 24.6 Å². The van der Waals surface area contributed by atoms with E-state index in [1.54, 1.807) is 38.2 Å². The van der Waals surface area contributed by atoms with Crippen LogP contribution in [-0.2, 0) is 16.1 Å². The Balaban J connectivity index is 1.97. The first kappa shape index (κ1) is 16.7. The van der Waals surface area contributed by atoms with Gasteiger partial charge in [-0.25, -0.2) is 0 Å². The highest BCUT2D eigenvalue weighted by molar-refractivity contribution is 6.04. The Morgan fingerprint density at radius 1 is 1.04 bits per heavy atom. The first-order valence-electron chi connectivity index (χ1n) is 7.39. The fourth-order valence-corrected chi connectivity index (χ4v) is 2.03. The lowest BCUT2D eigenvalue weighted by Gasteiger charge is -2.15. The third-order valence-electron chi connectivity index (χ3n) is 3.37. The Morgan fingerprint density at radius 2 is 1.70 bits per heavy atom. The molecule has 5 heteroatoms. The van der Waals surface area contributed by atoms with Crippen LogP contribution in [0.2, 0.25) is 0 Å². The van der Waals surface area contributed by atoms with Crippen molar-refractivity contribution >= 4 is 17.5 Å². The third kappa shape index (κ3) is 4.66. The lowest BCUT2D eigenvalue weighted by Crippen LogP contribution is -2.29. The molecular formula is C18H20N2O3. The van der Waals surface area contributed by atoms with E-state index in [0.29, 0.717) is 17.9 Å². The fourth-order valence-electron chi connectivity index (χ4n) is 2.03. The Labute approximate surface area is 135 Å². The van der Waals surface area contributed by atoms with Crippen LogP contribution in [0.25, 0.3) is 0 Å². The summed E-state index contributed by atoms with van der Waals surface area (Å²) in [4.78, 5) is 24.0. The van der Waals surface area contributed by atoms with Crippen molar-refractivity contribution < 1.29 is 14.3 Å². The first-order valence-corrected chi connectivity index (χ1v) is 7.39. The van der Waals surface area contributed by atoms with Crippen molar-refractivity contribution in [3.63, 3.8) is 0 Å². The minimum absolute atomic E-state index is 0.251. The quantitative estimate of drug-likeness (QED) is 0.861. The predicted molar refractivity (Wildman–Crippen MR) is 89.2 cm³/mol. The number of ether oxygens (including phenoxy) is 1. The molecule has 0 fully saturated rings. The van der Waals surface area contributed by atoms with Crippen LogP contribution in [0.15, 0.2) is 54.6 Å². The minimum Gasteiger partial charge on any atom is -0.364 e. The second kappa shape index (κ2) is 8.10. The number of benzene rings is 2. The van der Waals surface area contributed by atoms with Crippen molar-refractivity contribution in [1.82, 2.24) is 5.32 Å². The molecule has 0 aromatic heterocycles. The van der Waals surface area contributed by atoms with Crippen LogP contribution in [0.3, 0.4) is 0 Å². The summed E-state index contributed by atoms with van der Waals surface area (Å²) in [5.74, 6) is -0.545. The summed E-state index contributed by atoms with van der Waals surface area (Å²) >= 11 is 0. The number of hydrogen-bond acceptors (Lipinski definition) is 3. The maximum absolute atomic E-state index is 12.2. The summed E-state index contributed by atoms with van der Waals surface area (Å²) in [7, 11) is 1.55. The zero-order valence-electron chi connectivity index (χ0n) is 13.2. The Morgan fingerprint density at radius 3 is 2.39 bits per heavy atom. The van der Waals surface area contributed by atoms with Crippen LogP contribution in [0, 0.1) is 0 Å². The van der Waals surface area contributed by atoms with Crippen molar-refractivity contribution in [2.24, 2.45) is 0 Å². The smallest absolute Gasteiger partial charge is 0.253 e. The molecule has 0 unspecified atom stereocenters. The van der Waals surface area contributed by atoms with Crippen molar-refractivity contribution in [1.29, 1.82) is 0 Å². The molecule has 0 spiro atoms. The van der Waals surface area contributed by atoms with E-state index in [1.807, 2.05) is 30.3 Å². The summed E-state index contributed by atoms with van der Waals surface area (Å²) in [6.45, 7) is 2.04. The van der Waals surface area contributed by atoms with Gasteiger partial charge in [-0.15, -0.1) is 0 Å². The summed E-state index contributed by atoms with van der Waals surface area (Å²) in [6, 6.07) is 16.5. The molecule has 2 N–H and O–H groups in total. The van der Waals surface area contributed by atoms with Gasteiger partial charge in [-0.1, -0.05) is 42.5 Å². The Bertz CT molecular complexity index is 671. The zero-order valence-corrected chi connectivity index (χ0v) is 13.2.